The minimum atomic E-state index is -0.231. The Morgan fingerprint density at radius 1 is 1.08 bits per heavy atom. The van der Waals surface area contributed by atoms with Gasteiger partial charge in [0, 0.05) is 12.4 Å². The summed E-state index contributed by atoms with van der Waals surface area (Å²) in [7, 11) is 0. The molecule has 1 atom stereocenters. The van der Waals surface area contributed by atoms with E-state index in [1.807, 2.05) is 24.3 Å². The third kappa shape index (κ3) is 4.76. The Morgan fingerprint density at radius 2 is 1.85 bits per heavy atom. The Kier molecular flexibility index (Phi) is 4.35. The molecule has 0 amide bonds. The zero-order valence-electron chi connectivity index (χ0n) is 7.21. The summed E-state index contributed by atoms with van der Waals surface area (Å²) in [5, 5.41) is 0. The van der Waals surface area contributed by atoms with Crippen molar-refractivity contribution in [3.8, 4) is 0 Å². The molecular formula is C10H12N2O. The summed E-state index contributed by atoms with van der Waals surface area (Å²) in [6.45, 7) is 0. The van der Waals surface area contributed by atoms with Gasteiger partial charge in [-0.25, -0.2) is 0 Å². The second-order valence-electron chi connectivity index (χ2n) is 2.34. The number of hydrogen-bond acceptors (Lipinski definition) is 3. The van der Waals surface area contributed by atoms with Gasteiger partial charge in [-0.2, -0.15) is 0 Å². The molecule has 2 heterocycles. The summed E-state index contributed by atoms with van der Waals surface area (Å²) in [5.74, 6) is 0. The van der Waals surface area contributed by atoms with Crippen LogP contribution in [0.3, 0.4) is 0 Å². The second-order valence-corrected chi connectivity index (χ2v) is 2.34. The smallest absolute Gasteiger partial charge is 0.166 e. The van der Waals surface area contributed by atoms with Gasteiger partial charge in [0.15, 0.2) is 6.23 Å². The predicted octanol–water partition coefficient (Wildman–Crippen LogP) is 1.45. The van der Waals surface area contributed by atoms with Crippen molar-refractivity contribution in [1.29, 1.82) is 0 Å². The van der Waals surface area contributed by atoms with Crippen LogP contribution in [0.15, 0.2) is 55.1 Å². The fraction of sp³-hybridized carbons (Fsp3) is 0.100. The maximum absolute atomic E-state index is 5.27. The molecule has 1 aliphatic heterocycles. The standard InChI is InChI=1S/C5H7NO.C5H5N/c6-5-3-1-2-4-7-5;1-2-4-6-5-3-1/h1-5H,6H2;1-5H. The Labute approximate surface area is 77.5 Å². The zero-order chi connectivity index (χ0) is 9.36. The maximum Gasteiger partial charge on any atom is 0.166 e. The molecule has 1 unspecified atom stereocenters. The Morgan fingerprint density at radius 3 is 2.08 bits per heavy atom. The van der Waals surface area contributed by atoms with E-state index in [1.54, 1.807) is 30.8 Å². The van der Waals surface area contributed by atoms with Crippen LogP contribution in [0, 0.1) is 0 Å². The highest BCUT2D eigenvalue weighted by molar-refractivity contribution is 5.05. The predicted molar refractivity (Wildman–Crippen MR) is 51.6 cm³/mol. The highest BCUT2D eigenvalue weighted by Crippen LogP contribution is 1.93. The van der Waals surface area contributed by atoms with Crippen molar-refractivity contribution >= 4 is 0 Å². The molecule has 1 aromatic heterocycles. The molecule has 0 saturated carbocycles. The lowest BCUT2D eigenvalue weighted by Crippen LogP contribution is -2.19. The molecule has 0 aliphatic carbocycles. The summed E-state index contributed by atoms with van der Waals surface area (Å²) in [5.41, 5.74) is 5.27. The van der Waals surface area contributed by atoms with E-state index in [9.17, 15) is 0 Å². The van der Waals surface area contributed by atoms with Gasteiger partial charge in [0.2, 0.25) is 0 Å². The van der Waals surface area contributed by atoms with E-state index >= 15 is 0 Å². The zero-order valence-corrected chi connectivity index (χ0v) is 7.21. The summed E-state index contributed by atoms with van der Waals surface area (Å²) < 4.78 is 4.79. The van der Waals surface area contributed by atoms with Gasteiger partial charge >= 0.3 is 0 Å². The average molecular weight is 176 g/mol. The minimum absolute atomic E-state index is 0.231. The Bertz CT molecular complexity index is 243. The molecule has 68 valence electrons. The van der Waals surface area contributed by atoms with Gasteiger partial charge in [-0.1, -0.05) is 12.1 Å². The van der Waals surface area contributed by atoms with Gasteiger partial charge in [0.1, 0.15) is 0 Å². The minimum Gasteiger partial charge on any atom is -0.480 e. The molecular weight excluding hydrogens is 164 g/mol. The third-order valence-corrected chi connectivity index (χ3v) is 1.29. The van der Waals surface area contributed by atoms with Crippen molar-refractivity contribution in [2.75, 3.05) is 0 Å². The fourth-order valence-corrected chi connectivity index (χ4v) is 0.713. The topological polar surface area (TPSA) is 48.1 Å². The Balaban J connectivity index is 0.000000132. The summed E-state index contributed by atoms with van der Waals surface area (Å²) in [6, 6.07) is 5.72. The van der Waals surface area contributed by atoms with Crippen molar-refractivity contribution in [1.82, 2.24) is 4.98 Å². The van der Waals surface area contributed by atoms with Crippen LogP contribution < -0.4 is 5.73 Å². The number of hydrogen-bond donors (Lipinski definition) is 1. The molecule has 0 fully saturated rings. The molecule has 3 nitrogen and oxygen atoms in total. The van der Waals surface area contributed by atoms with Crippen LogP contribution in [0.1, 0.15) is 0 Å². The van der Waals surface area contributed by atoms with Gasteiger partial charge in [-0.3, -0.25) is 10.7 Å². The maximum atomic E-state index is 5.27. The van der Waals surface area contributed by atoms with Gasteiger partial charge in [-0.05, 0) is 24.3 Å². The fourth-order valence-electron chi connectivity index (χ4n) is 0.713. The van der Waals surface area contributed by atoms with Crippen LogP contribution in [0.4, 0.5) is 0 Å². The second kappa shape index (κ2) is 5.97. The van der Waals surface area contributed by atoms with Crippen molar-refractivity contribution < 1.29 is 4.74 Å². The molecule has 0 aromatic carbocycles. The van der Waals surface area contributed by atoms with Gasteiger partial charge in [0.25, 0.3) is 0 Å². The van der Waals surface area contributed by atoms with Crippen molar-refractivity contribution in [2.45, 2.75) is 6.23 Å². The van der Waals surface area contributed by atoms with E-state index in [2.05, 4.69) is 4.98 Å². The van der Waals surface area contributed by atoms with Gasteiger partial charge in [0.05, 0.1) is 6.26 Å². The number of ether oxygens (including phenoxy) is 1. The van der Waals surface area contributed by atoms with E-state index in [0.29, 0.717) is 0 Å². The number of nitrogens with zero attached hydrogens (tertiary/aromatic N) is 1. The normalized spacial score (nSPS) is 18.4. The van der Waals surface area contributed by atoms with Crippen LogP contribution in [0.2, 0.25) is 0 Å². The highest BCUT2D eigenvalue weighted by Gasteiger charge is 1.92. The van der Waals surface area contributed by atoms with Crippen LogP contribution in [0.5, 0.6) is 0 Å². The highest BCUT2D eigenvalue weighted by atomic mass is 16.5. The molecule has 1 aromatic rings. The molecule has 0 radical (unpaired) electrons. The van der Waals surface area contributed by atoms with Crippen molar-refractivity contribution in [3.05, 3.63) is 55.1 Å². The SMILES string of the molecule is NC1C=CC=CO1.c1ccncc1. The first-order chi connectivity index (χ1) is 6.39. The van der Waals surface area contributed by atoms with E-state index in [1.165, 1.54) is 0 Å². The molecule has 2 N–H and O–H groups in total. The molecule has 0 saturated heterocycles. The first-order valence-corrected chi connectivity index (χ1v) is 3.99. The van der Waals surface area contributed by atoms with Gasteiger partial charge in [-0.15, -0.1) is 0 Å². The number of rotatable bonds is 0. The van der Waals surface area contributed by atoms with Crippen LogP contribution in [0.25, 0.3) is 0 Å². The van der Waals surface area contributed by atoms with Crippen LogP contribution in [-0.4, -0.2) is 11.2 Å². The number of allylic oxidation sites excluding steroid dienone is 2. The van der Waals surface area contributed by atoms with Crippen molar-refractivity contribution in [2.24, 2.45) is 5.73 Å². The first-order valence-electron chi connectivity index (χ1n) is 3.99. The monoisotopic (exact) mass is 176 g/mol. The number of pyridine rings is 1. The van der Waals surface area contributed by atoms with E-state index < -0.39 is 0 Å². The molecule has 0 bridgehead atoms. The van der Waals surface area contributed by atoms with Crippen molar-refractivity contribution in [3.63, 3.8) is 0 Å². The number of aromatic nitrogens is 1. The van der Waals surface area contributed by atoms with E-state index in [0.717, 1.165) is 0 Å². The lowest BCUT2D eigenvalue weighted by atomic mass is 10.4. The molecule has 1 aliphatic rings. The van der Waals surface area contributed by atoms with Crippen LogP contribution >= 0.6 is 0 Å². The third-order valence-electron chi connectivity index (χ3n) is 1.29. The quantitative estimate of drug-likeness (QED) is 0.651. The lowest BCUT2D eigenvalue weighted by molar-refractivity contribution is 0.190. The molecule has 2 rings (SSSR count). The average Bonchev–Trinajstić information content (AvgIpc) is 2.22. The van der Waals surface area contributed by atoms with E-state index in [4.69, 9.17) is 10.5 Å². The summed E-state index contributed by atoms with van der Waals surface area (Å²) in [4.78, 5) is 3.78. The Hall–Kier alpha value is -1.61. The lowest BCUT2D eigenvalue weighted by Gasteiger charge is -2.06. The van der Waals surface area contributed by atoms with Gasteiger partial charge < -0.3 is 4.74 Å². The largest absolute Gasteiger partial charge is 0.480 e. The first kappa shape index (κ1) is 9.48. The molecule has 13 heavy (non-hydrogen) atoms. The number of nitrogens with two attached hydrogens (primary N) is 1. The van der Waals surface area contributed by atoms with Crippen LogP contribution in [-0.2, 0) is 4.74 Å². The summed E-state index contributed by atoms with van der Waals surface area (Å²) >= 11 is 0. The summed E-state index contributed by atoms with van der Waals surface area (Å²) in [6.07, 6.45) is 10.3. The molecule has 0 spiro atoms. The van der Waals surface area contributed by atoms with E-state index in [-0.39, 0.29) is 6.23 Å². The molecule has 3 heteroatoms.